The first-order valence-corrected chi connectivity index (χ1v) is 10.2. The van der Waals surface area contributed by atoms with E-state index in [9.17, 15) is 9.59 Å². The summed E-state index contributed by atoms with van der Waals surface area (Å²) in [7, 11) is 1.56. The molecule has 0 saturated carbocycles. The fourth-order valence-electron chi connectivity index (χ4n) is 3.06. The molecular weight excluding hydrogens is 462 g/mol. The molecule has 29 heavy (non-hydrogen) atoms. The zero-order valence-electron chi connectivity index (χ0n) is 16.1. The van der Waals surface area contributed by atoms with E-state index in [0.29, 0.717) is 51.8 Å². The lowest BCUT2D eigenvalue weighted by molar-refractivity contribution is -0.0402. The molecule has 0 spiro atoms. The summed E-state index contributed by atoms with van der Waals surface area (Å²) in [6.45, 7) is 2.94. The van der Waals surface area contributed by atoms with E-state index in [2.05, 4.69) is 15.9 Å². The predicted molar refractivity (Wildman–Crippen MR) is 113 cm³/mol. The topological polar surface area (TPSA) is 65.1 Å². The molecule has 1 aliphatic rings. The number of carbonyl (C=O) groups is 2. The molecule has 1 saturated heterocycles. The van der Waals surface area contributed by atoms with Crippen LogP contribution in [0.25, 0.3) is 0 Å². The summed E-state index contributed by atoms with van der Waals surface area (Å²) < 4.78 is 17.5. The molecule has 0 bridgehead atoms. The molecule has 6 nitrogen and oxygen atoms in total. The SMILES string of the molecule is COc1ccc(Br)c(C(=O)N2CCOC(COc3ccc(Cl)cc3C(C)=O)C2)c1. The first-order chi connectivity index (χ1) is 13.9. The zero-order valence-corrected chi connectivity index (χ0v) is 18.5. The quantitative estimate of drug-likeness (QED) is 0.577. The van der Waals surface area contributed by atoms with Gasteiger partial charge in [0.1, 0.15) is 24.2 Å². The summed E-state index contributed by atoms with van der Waals surface area (Å²) >= 11 is 9.40. The number of hydrogen-bond acceptors (Lipinski definition) is 5. The summed E-state index contributed by atoms with van der Waals surface area (Å²) in [5.41, 5.74) is 0.948. The van der Waals surface area contributed by atoms with Gasteiger partial charge in [0.05, 0.1) is 31.4 Å². The number of rotatable bonds is 6. The van der Waals surface area contributed by atoms with Crippen LogP contribution >= 0.6 is 27.5 Å². The Morgan fingerprint density at radius 3 is 2.76 bits per heavy atom. The average Bonchev–Trinajstić information content (AvgIpc) is 2.72. The summed E-state index contributed by atoms with van der Waals surface area (Å²) in [6.07, 6.45) is -0.312. The normalized spacial score (nSPS) is 16.4. The third-order valence-corrected chi connectivity index (χ3v) is 5.50. The van der Waals surface area contributed by atoms with E-state index in [4.69, 9.17) is 25.8 Å². The van der Waals surface area contributed by atoms with Crippen LogP contribution in [0.5, 0.6) is 11.5 Å². The number of benzene rings is 2. The molecule has 1 heterocycles. The Hall–Kier alpha value is -2.09. The molecule has 0 N–H and O–H groups in total. The fourth-order valence-corrected chi connectivity index (χ4v) is 3.64. The van der Waals surface area contributed by atoms with E-state index in [1.54, 1.807) is 48.4 Å². The van der Waals surface area contributed by atoms with Crippen LogP contribution in [-0.4, -0.2) is 56.1 Å². The van der Waals surface area contributed by atoms with Gasteiger partial charge in [-0.25, -0.2) is 0 Å². The minimum absolute atomic E-state index is 0.111. The van der Waals surface area contributed by atoms with Crippen LogP contribution in [0.1, 0.15) is 27.6 Å². The molecule has 1 unspecified atom stereocenters. The van der Waals surface area contributed by atoms with Crippen molar-refractivity contribution in [2.75, 3.05) is 33.4 Å². The highest BCUT2D eigenvalue weighted by Gasteiger charge is 2.27. The number of Topliss-reactive ketones (excluding diaryl/α,β-unsaturated/α-hetero) is 1. The van der Waals surface area contributed by atoms with E-state index >= 15 is 0 Å². The van der Waals surface area contributed by atoms with E-state index < -0.39 is 0 Å². The molecule has 0 aromatic heterocycles. The molecule has 154 valence electrons. The molecule has 2 aromatic carbocycles. The number of methoxy groups -OCH3 is 1. The van der Waals surface area contributed by atoms with Crippen LogP contribution in [0.15, 0.2) is 40.9 Å². The maximum absolute atomic E-state index is 13.0. The van der Waals surface area contributed by atoms with Gasteiger partial charge in [0.2, 0.25) is 0 Å². The van der Waals surface area contributed by atoms with Crippen LogP contribution in [-0.2, 0) is 4.74 Å². The fraction of sp³-hybridized carbons (Fsp3) is 0.333. The van der Waals surface area contributed by atoms with Crippen LogP contribution in [0.2, 0.25) is 5.02 Å². The molecule has 1 amide bonds. The molecule has 0 radical (unpaired) electrons. The summed E-state index contributed by atoms with van der Waals surface area (Å²) in [4.78, 5) is 26.5. The number of ketones is 1. The van der Waals surface area contributed by atoms with Gasteiger partial charge in [-0.15, -0.1) is 0 Å². The molecule has 1 atom stereocenters. The van der Waals surface area contributed by atoms with Crippen molar-refractivity contribution < 1.29 is 23.8 Å². The number of carbonyl (C=O) groups excluding carboxylic acids is 2. The zero-order chi connectivity index (χ0) is 21.0. The molecular formula is C21H21BrClNO5. The van der Waals surface area contributed by atoms with Crippen molar-refractivity contribution in [3.8, 4) is 11.5 Å². The molecule has 2 aromatic rings. The van der Waals surface area contributed by atoms with Gasteiger partial charge in [0, 0.05) is 16.0 Å². The van der Waals surface area contributed by atoms with Crippen molar-refractivity contribution in [3.63, 3.8) is 0 Å². The van der Waals surface area contributed by atoms with Gasteiger partial charge < -0.3 is 19.1 Å². The lowest BCUT2D eigenvalue weighted by Crippen LogP contribution is -2.47. The minimum atomic E-state index is -0.312. The largest absolute Gasteiger partial charge is 0.497 e. The van der Waals surface area contributed by atoms with Crippen LogP contribution < -0.4 is 9.47 Å². The monoisotopic (exact) mass is 481 g/mol. The number of amides is 1. The van der Waals surface area contributed by atoms with Gasteiger partial charge in [0.25, 0.3) is 5.91 Å². The van der Waals surface area contributed by atoms with E-state index in [1.807, 2.05) is 0 Å². The van der Waals surface area contributed by atoms with Crippen LogP contribution in [0.3, 0.4) is 0 Å². The highest BCUT2D eigenvalue weighted by Crippen LogP contribution is 2.26. The Kier molecular flexibility index (Phi) is 7.16. The summed E-state index contributed by atoms with van der Waals surface area (Å²) in [5.74, 6) is 0.820. The minimum Gasteiger partial charge on any atom is -0.497 e. The Morgan fingerprint density at radius 1 is 1.24 bits per heavy atom. The second-order valence-electron chi connectivity index (χ2n) is 6.60. The smallest absolute Gasteiger partial charge is 0.255 e. The third kappa shape index (κ3) is 5.29. The van der Waals surface area contributed by atoms with Gasteiger partial charge in [-0.1, -0.05) is 11.6 Å². The van der Waals surface area contributed by atoms with Crippen LogP contribution in [0, 0.1) is 0 Å². The van der Waals surface area contributed by atoms with Gasteiger partial charge in [-0.2, -0.15) is 0 Å². The lowest BCUT2D eigenvalue weighted by Gasteiger charge is -2.33. The number of nitrogens with zero attached hydrogens (tertiary/aromatic N) is 1. The van der Waals surface area contributed by atoms with E-state index in [-0.39, 0.29) is 24.4 Å². The Bertz CT molecular complexity index is 920. The molecule has 8 heteroatoms. The number of ether oxygens (including phenoxy) is 3. The van der Waals surface area contributed by atoms with Crippen molar-refractivity contribution in [1.82, 2.24) is 4.90 Å². The number of hydrogen-bond donors (Lipinski definition) is 0. The number of halogens is 2. The molecule has 1 aliphatic heterocycles. The molecule has 3 rings (SSSR count). The highest BCUT2D eigenvalue weighted by atomic mass is 79.9. The number of morpholine rings is 1. The van der Waals surface area contributed by atoms with Crippen molar-refractivity contribution in [3.05, 3.63) is 57.0 Å². The Labute approximate surface area is 182 Å². The van der Waals surface area contributed by atoms with Gasteiger partial charge in [-0.05, 0) is 59.3 Å². The van der Waals surface area contributed by atoms with Crippen molar-refractivity contribution in [1.29, 1.82) is 0 Å². The first-order valence-electron chi connectivity index (χ1n) is 9.06. The Morgan fingerprint density at radius 2 is 2.03 bits per heavy atom. The average molecular weight is 483 g/mol. The molecule has 1 fully saturated rings. The first kappa shape index (κ1) is 21.6. The predicted octanol–water partition coefficient (Wildman–Crippen LogP) is 4.23. The van der Waals surface area contributed by atoms with E-state index in [0.717, 1.165) is 0 Å². The van der Waals surface area contributed by atoms with Gasteiger partial charge in [-0.3, -0.25) is 9.59 Å². The summed E-state index contributed by atoms with van der Waals surface area (Å²) in [6, 6.07) is 10.2. The van der Waals surface area contributed by atoms with Crippen LogP contribution in [0.4, 0.5) is 0 Å². The third-order valence-electron chi connectivity index (χ3n) is 4.58. The second kappa shape index (κ2) is 9.61. The lowest BCUT2D eigenvalue weighted by atomic mass is 10.1. The van der Waals surface area contributed by atoms with Crippen molar-refractivity contribution in [2.45, 2.75) is 13.0 Å². The molecule has 0 aliphatic carbocycles. The van der Waals surface area contributed by atoms with Crippen molar-refractivity contribution in [2.24, 2.45) is 0 Å². The second-order valence-corrected chi connectivity index (χ2v) is 7.89. The van der Waals surface area contributed by atoms with Gasteiger partial charge in [0.15, 0.2) is 5.78 Å². The maximum atomic E-state index is 13.0. The van der Waals surface area contributed by atoms with E-state index in [1.165, 1.54) is 6.92 Å². The van der Waals surface area contributed by atoms with Gasteiger partial charge >= 0.3 is 0 Å². The Balaban J connectivity index is 1.67. The standard InChI is InChI=1S/C21H21BrClNO5/c1-13(25)17-9-14(23)3-6-20(17)29-12-16-11-24(7-8-28-16)21(26)18-10-15(27-2)4-5-19(18)22/h3-6,9-10,16H,7-8,11-12H2,1-2H3. The summed E-state index contributed by atoms with van der Waals surface area (Å²) in [5, 5.41) is 0.470. The van der Waals surface area contributed by atoms with Crippen molar-refractivity contribution >= 4 is 39.2 Å². The maximum Gasteiger partial charge on any atom is 0.255 e. The highest BCUT2D eigenvalue weighted by molar-refractivity contribution is 9.10.